The van der Waals surface area contributed by atoms with Crippen molar-refractivity contribution >= 4 is 16.4 Å². The van der Waals surface area contributed by atoms with Gasteiger partial charge in [-0.2, -0.15) is 5.26 Å². The predicted molar refractivity (Wildman–Crippen MR) is 182 cm³/mol. The molecule has 3 aromatic carbocycles. The van der Waals surface area contributed by atoms with Crippen LogP contribution in [0.4, 0.5) is 0 Å². The summed E-state index contributed by atoms with van der Waals surface area (Å²) in [6.07, 6.45) is -0.979. The van der Waals surface area contributed by atoms with Crippen LogP contribution in [0.5, 0.6) is 11.5 Å². The van der Waals surface area contributed by atoms with Crippen molar-refractivity contribution in [1.29, 1.82) is 5.26 Å². The number of nitrogens with zero attached hydrogens (tertiary/aromatic N) is 2. The Morgan fingerprint density at radius 1 is 0.872 bits per heavy atom. The first-order valence-corrected chi connectivity index (χ1v) is 17.4. The molecular formula is C36H44BN2O7P. The highest BCUT2D eigenvalue weighted by Gasteiger charge is 2.87. The van der Waals surface area contributed by atoms with Gasteiger partial charge in [-0.25, -0.2) is 4.67 Å². The molecule has 3 aromatic rings. The molecule has 1 saturated carbocycles. The molecule has 11 heteroatoms. The summed E-state index contributed by atoms with van der Waals surface area (Å²) >= 11 is 0. The summed E-state index contributed by atoms with van der Waals surface area (Å²) in [6, 6.07) is 28.6. The molecule has 1 spiro atoms. The second-order valence-electron chi connectivity index (χ2n) is 12.8. The van der Waals surface area contributed by atoms with Gasteiger partial charge in [-0.05, 0) is 68.7 Å². The fraction of sp³-hybridized carbons (Fsp3) is 0.472. The van der Waals surface area contributed by atoms with E-state index in [9.17, 15) is 0 Å². The lowest BCUT2D eigenvalue weighted by atomic mass is 9.80. The number of hydrogen-bond acceptors (Lipinski definition) is 9. The van der Waals surface area contributed by atoms with Crippen molar-refractivity contribution in [3.63, 3.8) is 0 Å². The van der Waals surface area contributed by atoms with Crippen LogP contribution in [0.1, 0.15) is 50.8 Å². The van der Waals surface area contributed by atoms with Crippen LogP contribution in [0.15, 0.2) is 78.9 Å². The molecule has 3 fully saturated rings. The van der Waals surface area contributed by atoms with Crippen molar-refractivity contribution < 1.29 is 32.7 Å². The third-order valence-electron chi connectivity index (χ3n) is 9.30. The Bertz CT molecular complexity index is 1480. The second kappa shape index (κ2) is 13.9. The van der Waals surface area contributed by atoms with E-state index < -0.39 is 19.7 Å². The van der Waals surface area contributed by atoms with Gasteiger partial charge in [0.25, 0.3) is 8.53 Å². The van der Waals surface area contributed by atoms with Gasteiger partial charge < -0.3 is 32.7 Å². The summed E-state index contributed by atoms with van der Waals surface area (Å²) in [5.41, 5.74) is 1.25. The van der Waals surface area contributed by atoms with Crippen molar-refractivity contribution in [3.05, 3.63) is 95.6 Å². The molecule has 2 saturated heterocycles. The number of benzene rings is 3. The lowest BCUT2D eigenvalue weighted by Gasteiger charge is -2.39. The molecule has 248 valence electrons. The van der Waals surface area contributed by atoms with E-state index in [2.05, 4.69) is 74.8 Å². The molecule has 9 nitrogen and oxygen atoms in total. The molecule has 7 atom stereocenters. The van der Waals surface area contributed by atoms with Crippen LogP contribution < -0.4 is 9.47 Å². The second-order valence-corrected chi connectivity index (χ2v) is 14.2. The van der Waals surface area contributed by atoms with Gasteiger partial charge >= 0.3 is 0 Å². The lowest BCUT2D eigenvalue weighted by molar-refractivity contribution is -0.155. The van der Waals surface area contributed by atoms with Crippen LogP contribution in [0.2, 0.25) is 0 Å². The molecule has 0 bridgehead atoms. The van der Waals surface area contributed by atoms with Gasteiger partial charge in [0.15, 0.2) is 5.60 Å². The lowest BCUT2D eigenvalue weighted by Crippen LogP contribution is -2.49. The molecule has 4 unspecified atom stereocenters. The van der Waals surface area contributed by atoms with Crippen molar-refractivity contribution in [3.8, 4) is 17.6 Å². The average molecular weight is 659 g/mol. The third kappa shape index (κ3) is 5.98. The van der Waals surface area contributed by atoms with E-state index in [1.807, 2.05) is 50.3 Å². The number of methoxy groups -OCH3 is 2. The van der Waals surface area contributed by atoms with Crippen LogP contribution in [0, 0.1) is 11.3 Å². The van der Waals surface area contributed by atoms with Gasteiger partial charge in [-0.3, -0.25) is 0 Å². The van der Waals surface area contributed by atoms with E-state index in [1.54, 1.807) is 14.2 Å². The highest BCUT2D eigenvalue weighted by Crippen LogP contribution is 2.67. The topological polar surface area (TPSA) is 91.6 Å². The maximum Gasteiger partial charge on any atom is 0.259 e. The Labute approximate surface area is 280 Å². The maximum absolute atomic E-state index is 9.17. The zero-order valence-electron chi connectivity index (χ0n) is 28.2. The summed E-state index contributed by atoms with van der Waals surface area (Å²) in [5, 5.41) is 9.17. The van der Waals surface area contributed by atoms with Gasteiger partial charge in [0, 0.05) is 12.1 Å². The van der Waals surface area contributed by atoms with Crippen molar-refractivity contribution in [2.75, 3.05) is 20.8 Å². The van der Waals surface area contributed by atoms with Gasteiger partial charge in [0.05, 0.1) is 39.3 Å². The van der Waals surface area contributed by atoms with Crippen LogP contribution in [0.3, 0.4) is 0 Å². The Morgan fingerprint density at radius 3 is 1.94 bits per heavy atom. The zero-order chi connectivity index (χ0) is 33.3. The number of hydrogen-bond donors (Lipinski definition) is 0. The van der Waals surface area contributed by atoms with Crippen LogP contribution >= 0.6 is 8.53 Å². The Morgan fingerprint density at radius 2 is 1.43 bits per heavy atom. The molecule has 0 radical (unpaired) electrons. The molecule has 1 aliphatic carbocycles. The van der Waals surface area contributed by atoms with E-state index in [0.29, 0.717) is 13.0 Å². The fourth-order valence-electron chi connectivity index (χ4n) is 7.10. The summed E-state index contributed by atoms with van der Waals surface area (Å²) in [7, 11) is 3.89. The minimum atomic E-state index is -1.47. The normalized spacial score (nSPS) is 26.8. The van der Waals surface area contributed by atoms with E-state index in [4.69, 9.17) is 38.0 Å². The van der Waals surface area contributed by atoms with Gasteiger partial charge in [0.1, 0.15) is 49.4 Å². The van der Waals surface area contributed by atoms with Crippen molar-refractivity contribution in [1.82, 2.24) is 4.67 Å². The summed E-state index contributed by atoms with van der Waals surface area (Å²) in [4.78, 5) is 0. The van der Waals surface area contributed by atoms with E-state index in [-0.39, 0.29) is 42.5 Å². The molecule has 0 amide bonds. The standard InChI is InChI=1S/C36H44BN2O7P/c1-23(2)39(24(3)4)47(42-22-10-21-38)46-30-31-36(45-34(30)37)32(43-31)33(36)44-35(25-11-8-7-9-12-25,26-13-17-28(40-5)18-14-26)27-15-19-29(41-6)20-16-27/h7-9,11-20,23-24,30-34H,10,22,37H2,1-6H3/t30-,31?,32+,33+,34?,36?,47?/m1/s1. The highest BCUT2D eigenvalue weighted by molar-refractivity contribution is 7.44. The molecular weight excluding hydrogens is 614 g/mol. The molecule has 6 rings (SSSR count). The SMILES string of the molecule is BC1OC23C(O[C@H]2[C@@H]3OC(c2ccccc2)(c2ccc(OC)cc2)c2ccc(OC)cc2)[C@H]1OP(OCCC#N)N(C(C)C)C(C)C. The summed E-state index contributed by atoms with van der Waals surface area (Å²) in [5.74, 6) is 1.52. The molecule has 0 aromatic heterocycles. The van der Waals surface area contributed by atoms with Crippen LogP contribution in [-0.4, -0.2) is 81.4 Å². The smallest absolute Gasteiger partial charge is 0.259 e. The third-order valence-corrected chi connectivity index (χ3v) is 11.4. The van der Waals surface area contributed by atoms with E-state index >= 15 is 0 Å². The maximum atomic E-state index is 9.17. The fourth-order valence-corrected chi connectivity index (χ4v) is 8.89. The molecule has 2 aliphatic heterocycles. The van der Waals surface area contributed by atoms with E-state index in [1.165, 1.54) is 0 Å². The quantitative estimate of drug-likeness (QED) is 0.0903. The highest BCUT2D eigenvalue weighted by atomic mass is 31.2. The molecule has 0 N–H and O–H groups in total. The number of rotatable bonds is 15. The monoisotopic (exact) mass is 658 g/mol. The zero-order valence-corrected chi connectivity index (χ0v) is 29.1. The Kier molecular flexibility index (Phi) is 9.99. The summed E-state index contributed by atoms with van der Waals surface area (Å²) < 4.78 is 47.0. The minimum Gasteiger partial charge on any atom is -0.497 e. The Hall–Kier alpha value is -3.00. The van der Waals surface area contributed by atoms with E-state index in [0.717, 1.165) is 28.2 Å². The van der Waals surface area contributed by atoms with Gasteiger partial charge in [-0.1, -0.05) is 54.6 Å². The molecule has 2 heterocycles. The molecule has 3 aliphatic rings. The largest absolute Gasteiger partial charge is 0.497 e. The first-order chi connectivity index (χ1) is 22.7. The van der Waals surface area contributed by atoms with Gasteiger partial charge in [0.2, 0.25) is 0 Å². The Balaban J connectivity index is 1.35. The first kappa shape index (κ1) is 33.9. The summed E-state index contributed by atoms with van der Waals surface area (Å²) in [6.45, 7) is 8.82. The molecule has 47 heavy (non-hydrogen) atoms. The number of ether oxygens (including phenoxy) is 5. The number of nitriles is 1. The van der Waals surface area contributed by atoms with Crippen LogP contribution in [-0.2, 0) is 28.9 Å². The van der Waals surface area contributed by atoms with Crippen molar-refractivity contribution in [2.24, 2.45) is 0 Å². The first-order valence-electron chi connectivity index (χ1n) is 16.3. The predicted octanol–water partition coefficient (Wildman–Crippen LogP) is 5.55. The van der Waals surface area contributed by atoms with Gasteiger partial charge in [-0.15, -0.1) is 0 Å². The van der Waals surface area contributed by atoms with Crippen molar-refractivity contribution in [2.45, 2.75) is 87.8 Å². The minimum absolute atomic E-state index is 0.183. The van der Waals surface area contributed by atoms with Crippen LogP contribution in [0.25, 0.3) is 0 Å². The average Bonchev–Trinajstić information content (AvgIpc) is 3.46.